The van der Waals surface area contributed by atoms with Crippen molar-refractivity contribution in [3.8, 4) is 17.2 Å². The molecule has 0 amide bonds. The Labute approximate surface area is 159 Å². The summed E-state index contributed by atoms with van der Waals surface area (Å²) < 4.78 is 16.7. The van der Waals surface area contributed by atoms with Gasteiger partial charge in [-0.25, -0.2) is 0 Å². The van der Waals surface area contributed by atoms with Gasteiger partial charge >= 0.3 is 0 Å². The van der Waals surface area contributed by atoms with Gasteiger partial charge in [0, 0.05) is 29.8 Å². The number of ether oxygens (including phenoxy) is 3. The lowest BCUT2D eigenvalue weighted by atomic mass is 9.89. The van der Waals surface area contributed by atoms with Crippen molar-refractivity contribution in [1.29, 1.82) is 0 Å². The molecular formula is C20H24N2O3S. The van der Waals surface area contributed by atoms with Gasteiger partial charge in [0.25, 0.3) is 0 Å². The summed E-state index contributed by atoms with van der Waals surface area (Å²) in [5.74, 6) is 2.38. The highest BCUT2D eigenvalue weighted by atomic mass is 32.1. The van der Waals surface area contributed by atoms with Crippen LogP contribution in [0.15, 0.2) is 42.5 Å². The Kier molecular flexibility index (Phi) is 5.23. The van der Waals surface area contributed by atoms with Crippen LogP contribution in [0, 0.1) is 0 Å². The number of hydrogen-bond acceptors (Lipinski definition) is 4. The van der Waals surface area contributed by atoms with Crippen molar-refractivity contribution >= 4 is 23.0 Å². The van der Waals surface area contributed by atoms with Crippen LogP contribution in [0.3, 0.4) is 0 Å². The first-order valence-electron chi connectivity index (χ1n) is 8.49. The molecule has 1 atom stereocenters. The lowest BCUT2D eigenvalue weighted by Gasteiger charge is -2.38. The second kappa shape index (κ2) is 7.41. The summed E-state index contributed by atoms with van der Waals surface area (Å²) in [5.41, 5.74) is 1.64. The molecule has 0 unspecified atom stereocenters. The van der Waals surface area contributed by atoms with Crippen molar-refractivity contribution < 1.29 is 14.2 Å². The molecule has 138 valence electrons. The molecule has 1 aliphatic rings. The quantitative estimate of drug-likeness (QED) is 0.781. The van der Waals surface area contributed by atoms with Gasteiger partial charge in [-0.3, -0.25) is 0 Å². The molecule has 0 saturated carbocycles. The minimum Gasteiger partial charge on any atom is -0.497 e. The van der Waals surface area contributed by atoms with Crippen LogP contribution in [0.2, 0.25) is 0 Å². The van der Waals surface area contributed by atoms with E-state index in [4.69, 9.17) is 26.4 Å². The van der Waals surface area contributed by atoms with Crippen LogP contribution in [0.5, 0.6) is 17.2 Å². The standard InChI is InChI=1S/C20H24N2O3S/c1-20(2)12-17(16-9-8-15(24-4)11-18(16)25-20)22-19(26)21-13-6-5-7-14(10-13)23-3/h5-11,17H,12H2,1-4H3,(H2,21,22,26)/t17-/m0/s1. The average Bonchev–Trinajstić information content (AvgIpc) is 2.60. The van der Waals surface area contributed by atoms with E-state index in [2.05, 4.69) is 24.5 Å². The number of thiocarbonyl (C=S) groups is 1. The summed E-state index contributed by atoms with van der Waals surface area (Å²) in [6, 6.07) is 13.6. The zero-order valence-corrected chi connectivity index (χ0v) is 16.3. The second-order valence-corrected chi connectivity index (χ2v) is 7.26. The fourth-order valence-corrected chi connectivity index (χ4v) is 3.37. The van der Waals surface area contributed by atoms with E-state index in [0.717, 1.165) is 34.9 Å². The van der Waals surface area contributed by atoms with E-state index in [1.54, 1.807) is 14.2 Å². The summed E-state index contributed by atoms with van der Waals surface area (Å²) >= 11 is 5.52. The number of fused-ring (bicyclic) bond motifs is 1. The molecular weight excluding hydrogens is 348 g/mol. The van der Waals surface area contributed by atoms with Crippen LogP contribution < -0.4 is 24.8 Å². The zero-order valence-electron chi connectivity index (χ0n) is 15.5. The minimum atomic E-state index is -0.303. The van der Waals surface area contributed by atoms with E-state index < -0.39 is 0 Å². The second-order valence-electron chi connectivity index (χ2n) is 6.85. The lowest BCUT2D eigenvalue weighted by molar-refractivity contribution is 0.0693. The first-order chi connectivity index (χ1) is 12.4. The fraction of sp³-hybridized carbons (Fsp3) is 0.350. The number of methoxy groups -OCH3 is 2. The summed E-state index contributed by atoms with van der Waals surface area (Å²) in [6.07, 6.45) is 0.798. The summed E-state index contributed by atoms with van der Waals surface area (Å²) in [6.45, 7) is 4.14. The largest absolute Gasteiger partial charge is 0.497 e. The number of hydrogen-bond donors (Lipinski definition) is 2. The zero-order chi connectivity index (χ0) is 18.7. The van der Waals surface area contributed by atoms with Crippen molar-refractivity contribution in [2.45, 2.75) is 31.9 Å². The third-order valence-corrected chi connectivity index (χ3v) is 4.53. The highest BCUT2D eigenvalue weighted by molar-refractivity contribution is 7.80. The van der Waals surface area contributed by atoms with Gasteiger partial charge in [0.15, 0.2) is 5.11 Å². The normalized spacial score (nSPS) is 17.5. The number of rotatable bonds is 4. The molecule has 1 aliphatic heterocycles. The maximum Gasteiger partial charge on any atom is 0.171 e. The number of benzene rings is 2. The van der Waals surface area contributed by atoms with Gasteiger partial charge in [-0.1, -0.05) is 6.07 Å². The number of anilines is 1. The molecule has 2 N–H and O–H groups in total. The minimum absolute atomic E-state index is 0.0465. The molecule has 0 spiro atoms. The van der Waals surface area contributed by atoms with Crippen LogP contribution in [0.1, 0.15) is 31.9 Å². The SMILES string of the molecule is COc1cccc(NC(=S)N[C@H]2CC(C)(C)Oc3cc(OC)ccc32)c1. The topological polar surface area (TPSA) is 51.8 Å². The highest BCUT2D eigenvalue weighted by Crippen LogP contribution is 2.41. The first kappa shape index (κ1) is 18.3. The Morgan fingerprint density at radius 2 is 1.85 bits per heavy atom. The molecule has 0 fully saturated rings. The third-order valence-electron chi connectivity index (χ3n) is 4.31. The van der Waals surface area contributed by atoms with Crippen LogP contribution in [0.4, 0.5) is 5.69 Å². The smallest absolute Gasteiger partial charge is 0.171 e. The predicted molar refractivity (Wildman–Crippen MR) is 107 cm³/mol. The van der Waals surface area contributed by atoms with Crippen LogP contribution >= 0.6 is 12.2 Å². The highest BCUT2D eigenvalue weighted by Gasteiger charge is 2.34. The van der Waals surface area contributed by atoms with Crippen molar-refractivity contribution in [2.75, 3.05) is 19.5 Å². The first-order valence-corrected chi connectivity index (χ1v) is 8.89. The molecule has 0 bridgehead atoms. The average molecular weight is 372 g/mol. The van der Waals surface area contributed by atoms with E-state index in [-0.39, 0.29) is 11.6 Å². The van der Waals surface area contributed by atoms with Gasteiger partial charge in [0.2, 0.25) is 0 Å². The van der Waals surface area contributed by atoms with Crippen molar-refractivity contribution in [2.24, 2.45) is 0 Å². The summed E-state index contributed by atoms with van der Waals surface area (Å²) in [7, 11) is 3.30. The van der Waals surface area contributed by atoms with Crippen LogP contribution in [-0.4, -0.2) is 24.9 Å². The van der Waals surface area contributed by atoms with Gasteiger partial charge in [-0.15, -0.1) is 0 Å². The maximum absolute atomic E-state index is 6.12. The molecule has 3 rings (SSSR count). The molecule has 6 heteroatoms. The number of nitrogens with one attached hydrogen (secondary N) is 2. The van der Waals surface area contributed by atoms with E-state index in [1.807, 2.05) is 42.5 Å². The van der Waals surface area contributed by atoms with Crippen LogP contribution in [-0.2, 0) is 0 Å². The molecule has 2 aromatic carbocycles. The Bertz CT molecular complexity index is 807. The van der Waals surface area contributed by atoms with Crippen molar-refractivity contribution in [3.05, 3.63) is 48.0 Å². The Hall–Kier alpha value is -2.47. The molecule has 0 aromatic heterocycles. The lowest BCUT2D eigenvalue weighted by Crippen LogP contribution is -2.42. The van der Waals surface area contributed by atoms with Crippen molar-refractivity contribution in [3.63, 3.8) is 0 Å². The summed E-state index contributed by atoms with van der Waals surface area (Å²) in [4.78, 5) is 0. The van der Waals surface area contributed by atoms with Crippen LogP contribution in [0.25, 0.3) is 0 Å². The summed E-state index contributed by atoms with van der Waals surface area (Å²) in [5, 5.41) is 7.19. The van der Waals surface area contributed by atoms with E-state index in [9.17, 15) is 0 Å². The van der Waals surface area contributed by atoms with Gasteiger partial charge in [0.1, 0.15) is 22.8 Å². The Balaban J connectivity index is 1.77. The molecule has 2 aromatic rings. The Morgan fingerprint density at radius 3 is 2.58 bits per heavy atom. The molecule has 0 radical (unpaired) electrons. The van der Waals surface area contributed by atoms with E-state index in [0.29, 0.717) is 5.11 Å². The predicted octanol–water partition coefficient (Wildman–Crippen LogP) is 4.29. The maximum atomic E-state index is 6.12. The van der Waals surface area contributed by atoms with E-state index in [1.165, 1.54) is 0 Å². The van der Waals surface area contributed by atoms with Crippen molar-refractivity contribution in [1.82, 2.24) is 5.32 Å². The fourth-order valence-electron chi connectivity index (χ4n) is 3.11. The van der Waals surface area contributed by atoms with E-state index >= 15 is 0 Å². The van der Waals surface area contributed by atoms with Gasteiger partial charge in [0.05, 0.1) is 20.3 Å². The molecule has 5 nitrogen and oxygen atoms in total. The molecule has 26 heavy (non-hydrogen) atoms. The third kappa shape index (κ3) is 4.19. The van der Waals surface area contributed by atoms with Gasteiger partial charge in [-0.2, -0.15) is 0 Å². The molecule has 0 aliphatic carbocycles. The monoisotopic (exact) mass is 372 g/mol. The van der Waals surface area contributed by atoms with Gasteiger partial charge < -0.3 is 24.8 Å². The molecule has 1 heterocycles. The molecule has 0 saturated heterocycles. The van der Waals surface area contributed by atoms with Gasteiger partial charge in [-0.05, 0) is 50.3 Å². The Morgan fingerprint density at radius 1 is 1.12 bits per heavy atom.